The van der Waals surface area contributed by atoms with Gasteiger partial charge in [0, 0.05) is 6.20 Å². The summed E-state index contributed by atoms with van der Waals surface area (Å²) >= 11 is 4.84. The van der Waals surface area contributed by atoms with Gasteiger partial charge in [0.05, 0.1) is 17.4 Å². The van der Waals surface area contributed by atoms with Crippen molar-refractivity contribution in [2.45, 2.75) is 13.1 Å². The molecular weight excluding hydrogens is 301 g/mol. The van der Waals surface area contributed by atoms with Gasteiger partial charge in [-0.05, 0) is 30.7 Å². The van der Waals surface area contributed by atoms with Gasteiger partial charge >= 0.3 is 6.18 Å². The minimum absolute atomic E-state index is 0.0414. The van der Waals surface area contributed by atoms with Gasteiger partial charge in [0.1, 0.15) is 16.5 Å². The van der Waals surface area contributed by atoms with Gasteiger partial charge in [0.15, 0.2) is 0 Å². The number of nitrogens with one attached hydrogen (secondary N) is 1. The van der Waals surface area contributed by atoms with E-state index in [9.17, 15) is 13.2 Å². The summed E-state index contributed by atoms with van der Waals surface area (Å²) in [6.07, 6.45) is -1.48. The molecule has 0 aliphatic heterocycles. The molecule has 21 heavy (non-hydrogen) atoms. The van der Waals surface area contributed by atoms with Crippen molar-refractivity contribution in [3.05, 3.63) is 47.4 Å². The highest BCUT2D eigenvalue weighted by Crippen LogP contribution is 2.30. The minimum Gasteiger partial charge on any atom is -0.389 e. The third-order valence-electron chi connectivity index (χ3n) is 2.74. The van der Waals surface area contributed by atoms with Crippen molar-refractivity contribution in [1.29, 1.82) is 0 Å². The zero-order valence-electron chi connectivity index (χ0n) is 10.9. The van der Waals surface area contributed by atoms with Crippen LogP contribution in [-0.4, -0.2) is 15.0 Å². The predicted molar refractivity (Wildman–Crippen MR) is 77.4 cm³/mol. The first-order valence-electron chi connectivity index (χ1n) is 5.84. The van der Waals surface area contributed by atoms with E-state index in [1.807, 2.05) is 0 Å². The van der Waals surface area contributed by atoms with E-state index in [1.54, 1.807) is 19.2 Å². The Morgan fingerprint density at radius 2 is 2.00 bits per heavy atom. The van der Waals surface area contributed by atoms with Crippen LogP contribution in [0.5, 0.6) is 0 Å². The van der Waals surface area contributed by atoms with E-state index in [4.69, 9.17) is 18.0 Å². The van der Waals surface area contributed by atoms with E-state index in [1.165, 1.54) is 12.3 Å². The van der Waals surface area contributed by atoms with Crippen LogP contribution in [0, 0.1) is 6.92 Å². The maximum absolute atomic E-state index is 12.8. The number of pyridine rings is 2. The first-order chi connectivity index (χ1) is 9.79. The monoisotopic (exact) mass is 312 g/mol. The van der Waals surface area contributed by atoms with E-state index < -0.39 is 11.9 Å². The van der Waals surface area contributed by atoms with Crippen LogP contribution in [0.25, 0.3) is 0 Å². The largest absolute Gasteiger partial charge is 0.433 e. The molecule has 2 aromatic rings. The fourth-order valence-corrected chi connectivity index (χ4v) is 1.80. The molecule has 2 heterocycles. The molecule has 2 rings (SSSR count). The Hall–Kier alpha value is -2.22. The third kappa shape index (κ3) is 3.46. The molecule has 0 bridgehead atoms. The number of aryl methyl sites for hydroxylation is 1. The molecule has 0 amide bonds. The van der Waals surface area contributed by atoms with Crippen LogP contribution >= 0.6 is 12.2 Å². The molecular formula is C13H11F3N4S. The highest BCUT2D eigenvalue weighted by Gasteiger charge is 2.33. The topological polar surface area (TPSA) is 63.8 Å². The Labute approximate surface area is 124 Å². The van der Waals surface area contributed by atoms with Crippen molar-refractivity contribution in [2.24, 2.45) is 5.73 Å². The van der Waals surface area contributed by atoms with Gasteiger partial charge in [-0.15, -0.1) is 0 Å². The number of alkyl halides is 3. The number of halogens is 3. The van der Waals surface area contributed by atoms with E-state index in [-0.39, 0.29) is 16.4 Å². The van der Waals surface area contributed by atoms with E-state index >= 15 is 0 Å². The van der Waals surface area contributed by atoms with Gasteiger partial charge in [-0.3, -0.25) is 4.98 Å². The highest BCUT2D eigenvalue weighted by atomic mass is 32.1. The van der Waals surface area contributed by atoms with Crippen molar-refractivity contribution < 1.29 is 13.2 Å². The summed E-state index contributed by atoms with van der Waals surface area (Å²) in [7, 11) is 0. The lowest BCUT2D eigenvalue weighted by Gasteiger charge is -2.14. The quantitative estimate of drug-likeness (QED) is 0.852. The van der Waals surface area contributed by atoms with Gasteiger partial charge in [-0.1, -0.05) is 12.2 Å². The second-order valence-corrected chi connectivity index (χ2v) is 4.71. The number of rotatable bonds is 3. The number of nitrogens with zero attached hydrogens (tertiary/aromatic N) is 2. The van der Waals surface area contributed by atoms with Crippen LogP contribution in [0.2, 0.25) is 0 Å². The molecule has 0 unspecified atom stereocenters. The van der Waals surface area contributed by atoms with Crippen LogP contribution in [0.15, 0.2) is 30.6 Å². The lowest BCUT2D eigenvalue weighted by atomic mass is 10.2. The SMILES string of the molecule is Cc1ccncc1Nc1nc(C(F)(F)F)ccc1C(N)=S. The molecule has 0 saturated carbocycles. The van der Waals surface area contributed by atoms with E-state index in [2.05, 4.69) is 15.3 Å². The number of nitrogens with two attached hydrogens (primary N) is 1. The molecule has 8 heteroatoms. The Bertz CT molecular complexity index is 685. The summed E-state index contributed by atoms with van der Waals surface area (Å²) in [6.45, 7) is 1.79. The average molecular weight is 312 g/mol. The van der Waals surface area contributed by atoms with Crippen molar-refractivity contribution in [3.8, 4) is 0 Å². The summed E-state index contributed by atoms with van der Waals surface area (Å²) in [5.41, 5.74) is 6.07. The molecule has 0 aliphatic carbocycles. The average Bonchev–Trinajstić information content (AvgIpc) is 2.40. The molecule has 0 aliphatic rings. The summed E-state index contributed by atoms with van der Waals surface area (Å²) in [4.78, 5) is 7.44. The smallest absolute Gasteiger partial charge is 0.389 e. The fraction of sp³-hybridized carbons (Fsp3) is 0.154. The van der Waals surface area contributed by atoms with Crippen LogP contribution in [0.4, 0.5) is 24.7 Å². The second-order valence-electron chi connectivity index (χ2n) is 4.27. The molecule has 0 aromatic carbocycles. The van der Waals surface area contributed by atoms with E-state index in [0.29, 0.717) is 5.69 Å². The molecule has 3 N–H and O–H groups in total. The predicted octanol–water partition coefficient (Wildman–Crippen LogP) is 3.18. The Morgan fingerprint density at radius 3 is 2.57 bits per heavy atom. The van der Waals surface area contributed by atoms with Crippen molar-refractivity contribution in [3.63, 3.8) is 0 Å². The number of hydrogen-bond acceptors (Lipinski definition) is 4. The maximum Gasteiger partial charge on any atom is 0.433 e. The zero-order chi connectivity index (χ0) is 15.6. The summed E-state index contributed by atoms with van der Waals surface area (Å²) < 4.78 is 38.3. The summed E-state index contributed by atoms with van der Waals surface area (Å²) in [5, 5.41) is 2.79. The lowest BCUT2D eigenvalue weighted by molar-refractivity contribution is -0.141. The lowest BCUT2D eigenvalue weighted by Crippen LogP contribution is -2.16. The molecule has 0 spiro atoms. The molecule has 4 nitrogen and oxygen atoms in total. The number of anilines is 2. The van der Waals surface area contributed by atoms with Crippen molar-refractivity contribution in [1.82, 2.24) is 9.97 Å². The van der Waals surface area contributed by atoms with Gasteiger partial charge in [0.2, 0.25) is 0 Å². The molecule has 0 saturated heterocycles. The first-order valence-corrected chi connectivity index (χ1v) is 6.25. The van der Waals surface area contributed by atoms with Crippen LogP contribution in [0.3, 0.4) is 0 Å². The van der Waals surface area contributed by atoms with Gasteiger partial charge in [0.25, 0.3) is 0 Å². The van der Waals surface area contributed by atoms with Crippen molar-refractivity contribution >= 4 is 28.7 Å². The van der Waals surface area contributed by atoms with E-state index in [0.717, 1.165) is 11.6 Å². The van der Waals surface area contributed by atoms with Crippen molar-refractivity contribution in [2.75, 3.05) is 5.32 Å². The first kappa shape index (κ1) is 15.2. The number of hydrogen-bond donors (Lipinski definition) is 2. The van der Waals surface area contributed by atoms with Crippen LogP contribution in [-0.2, 0) is 6.18 Å². The Balaban J connectivity index is 2.49. The molecule has 0 atom stereocenters. The Morgan fingerprint density at radius 1 is 1.29 bits per heavy atom. The van der Waals surface area contributed by atoms with Crippen LogP contribution in [0.1, 0.15) is 16.8 Å². The second kappa shape index (κ2) is 5.65. The zero-order valence-corrected chi connectivity index (χ0v) is 11.7. The van der Waals surface area contributed by atoms with Gasteiger partial charge in [-0.25, -0.2) is 4.98 Å². The number of aromatic nitrogens is 2. The third-order valence-corrected chi connectivity index (χ3v) is 2.96. The highest BCUT2D eigenvalue weighted by molar-refractivity contribution is 7.80. The minimum atomic E-state index is -4.55. The summed E-state index contributed by atoms with van der Waals surface area (Å²) in [5.74, 6) is -0.0478. The standard InChI is InChI=1S/C13H11F3N4S/c1-7-4-5-18-6-9(7)19-12-8(11(17)21)2-3-10(20-12)13(14,15)16/h2-6H,1H3,(H2,17,21)(H,19,20). The van der Waals surface area contributed by atoms with Gasteiger partial charge < -0.3 is 11.1 Å². The van der Waals surface area contributed by atoms with Gasteiger partial charge in [-0.2, -0.15) is 13.2 Å². The molecule has 0 radical (unpaired) electrons. The normalized spacial score (nSPS) is 11.2. The number of thiocarbonyl (C=S) groups is 1. The molecule has 2 aromatic heterocycles. The Kier molecular flexibility index (Phi) is 4.08. The van der Waals surface area contributed by atoms with Crippen LogP contribution < -0.4 is 11.1 Å². The molecule has 110 valence electrons. The fourth-order valence-electron chi connectivity index (χ4n) is 1.63. The molecule has 0 fully saturated rings. The summed E-state index contributed by atoms with van der Waals surface area (Å²) in [6, 6.07) is 3.76. The maximum atomic E-state index is 12.8.